The molecule has 116 valence electrons. The van der Waals surface area contributed by atoms with E-state index < -0.39 is 21.2 Å². The number of anilines is 2. The first-order valence-corrected chi connectivity index (χ1v) is 7.68. The Morgan fingerprint density at radius 1 is 1.33 bits per heavy atom. The maximum Gasteiger partial charge on any atom is 0.325 e. The minimum absolute atomic E-state index is 0.120. The van der Waals surface area contributed by atoms with Crippen LogP contribution in [0.1, 0.15) is 6.92 Å². The second-order valence-electron chi connectivity index (χ2n) is 4.40. The van der Waals surface area contributed by atoms with Crippen LogP contribution >= 0.6 is 0 Å². The molecule has 1 unspecified atom stereocenters. The highest BCUT2D eigenvalue weighted by atomic mass is 32.2. The Morgan fingerprint density at radius 2 is 1.90 bits per heavy atom. The molecule has 2 rings (SSSR count). The molecule has 0 saturated carbocycles. The molecule has 0 bridgehead atoms. The summed E-state index contributed by atoms with van der Waals surface area (Å²) >= 11 is 0. The number of nitrogens with one attached hydrogen (secondary N) is 1. The van der Waals surface area contributed by atoms with Gasteiger partial charge in [0.2, 0.25) is 10.0 Å². The third-order valence-corrected chi connectivity index (χ3v) is 4.59. The van der Waals surface area contributed by atoms with Crippen molar-refractivity contribution in [2.24, 2.45) is 0 Å². The van der Waals surface area contributed by atoms with E-state index in [0.29, 0.717) is 24.7 Å². The van der Waals surface area contributed by atoms with Crippen LogP contribution in [0, 0.1) is 0 Å². The number of nitrogens with two attached hydrogens (primary N) is 1. The van der Waals surface area contributed by atoms with Crippen LogP contribution in [-0.2, 0) is 19.6 Å². The molecule has 1 aliphatic heterocycles. The van der Waals surface area contributed by atoms with E-state index in [4.69, 9.17) is 15.2 Å². The Kier molecular flexibility index (Phi) is 4.12. The Balaban J connectivity index is 2.29. The van der Waals surface area contributed by atoms with Crippen molar-refractivity contribution in [2.45, 2.75) is 12.2 Å². The first kappa shape index (κ1) is 15.2. The SMILES string of the molecule is COC(=O)C(C)S(=O)(=O)Nc1cc2c(cc1N)OCCO2. The number of carbonyl (C=O) groups is 1. The minimum atomic E-state index is -3.97. The van der Waals surface area contributed by atoms with E-state index in [1.54, 1.807) is 0 Å². The molecule has 1 aromatic rings. The van der Waals surface area contributed by atoms with E-state index >= 15 is 0 Å². The summed E-state index contributed by atoms with van der Waals surface area (Å²) in [6.07, 6.45) is 0. The molecule has 0 saturated heterocycles. The molecule has 0 radical (unpaired) electrons. The first-order chi connectivity index (χ1) is 9.85. The van der Waals surface area contributed by atoms with Gasteiger partial charge in [0.15, 0.2) is 16.7 Å². The predicted octanol–water partition coefficient (Wildman–Crippen LogP) is 0.343. The van der Waals surface area contributed by atoms with Crippen LogP contribution in [0.3, 0.4) is 0 Å². The zero-order valence-electron chi connectivity index (χ0n) is 11.6. The number of rotatable bonds is 4. The van der Waals surface area contributed by atoms with Crippen LogP contribution in [0.4, 0.5) is 11.4 Å². The number of ether oxygens (including phenoxy) is 3. The van der Waals surface area contributed by atoms with Crippen LogP contribution in [0.15, 0.2) is 12.1 Å². The second-order valence-corrected chi connectivity index (χ2v) is 6.40. The average molecular weight is 316 g/mol. The molecule has 21 heavy (non-hydrogen) atoms. The van der Waals surface area contributed by atoms with Gasteiger partial charge >= 0.3 is 5.97 Å². The number of benzene rings is 1. The summed E-state index contributed by atoms with van der Waals surface area (Å²) in [7, 11) is -2.86. The van der Waals surface area contributed by atoms with Crippen molar-refractivity contribution in [3.8, 4) is 11.5 Å². The smallest absolute Gasteiger partial charge is 0.325 e. The third kappa shape index (κ3) is 3.13. The molecule has 0 aromatic heterocycles. The molecule has 0 aliphatic carbocycles. The summed E-state index contributed by atoms with van der Waals surface area (Å²) in [5, 5.41) is -1.37. The zero-order chi connectivity index (χ0) is 15.6. The molecule has 1 atom stereocenters. The summed E-state index contributed by atoms with van der Waals surface area (Å²) in [5.41, 5.74) is 6.07. The highest BCUT2D eigenvalue weighted by molar-refractivity contribution is 7.94. The summed E-state index contributed by atoms with van der Waals surface area (Å²) in [6, 6.07) is 2.89. The van der Waals surface area contributed by atoms with Gasteiger partial charge in [0.1, 0.15) is 13.2 Å². The monoisotopic (exact) mass is 316 g/mol. The van der Waals surface area contributed by atoms with Crippen LogP contribution in [-0.4, -0.2) is 40.0 Å². The summed E-state index contributed by atoms with van der Waals surface area (Å²) in [5.74, 6) is -0.0276. The van der Waals surface area contributed by atoms with E-state index in [1.165, 1.54) is 19.1 Å². The van der Waals surface area contributed by atoms with E-state index in [9.17, 15) is 13.2 Å². The number of carbonyl (C=O) groups excluding carboxylic acids is 1. The second kappa shape index (κ2) is 5.68. The average Bonchev–Trinajstić information content (AvgIpc) is 2.46. The molecule has 1 aliphatic rings. The number of sulfonamides is 1. The zero-order valence-corrected chi connectivity index (χ0v) is 12.4. The van der Waals surface area contributed by atoms with Crippen LogP contribution in [0.2, 0.25) is 0 Å². The third-order valence-electron chi connectivity index (χ3n) is 2.97. The largest absolute Gasteiger partial charge is 0.486 e. The van der Waals surface area contributed by atoms with Crippen molar-refractivity contribution in [3.63, 3.8) is 0 Å². The van der Waals surface area contributed by atoms with Gasteiger partial charge in [-0.25, -0.2) is 8.42 Å². The van der Waals surface area contributed by atoms with Gasteiger partial charge in [0, 0.05) is 12.1 Å². The lowest BCUT2D eigenvalue weighted by Crippen LogP contribution is -2.33. The van der Waals surface area contributed by atoms with Crippen molar-refractivity contribution < 1.29 is 27.4 Å². The van der Waals surface area contributed by atoms with Gasteiger partial charge in [0.25, 0.3) is 0 Å². The fraction of sp³-hybridized carbons (Fsp3) is 0.417. The van der Waals surface area contributed by atoms with Gasteiger partial charge in [-0.05, 0) is 6.92 Å². The quantitative estimate of drug-likeness (QED) is 0.607. The molecular weight excluding hydrogens is 300 g/mol. The molecule has 0 amide bonds. The van der Waals surface area contributed by atoms with Crippen molar-refractivity contribution in [1.29, 1.82) is 0 Å². The lowest BCUT2D eigenvalue weighted by atomic mass is 10.2. The molecular formula is C12H16N2O6S. The fourth-order valence-corrected chi connectivity index (χ4v) is 2.74. The molecule has 0 fully saturated rings. The normalized spacial score (nSPS) is 15.1. The maximum absolute atomic E-state index is 12.1. The Bertz CT molecular complexity index is 658. The van der Waals surface area contributed by atoms with Gasteiger partial charge in [-0.2, -0.15) is 0 Å². The number of nitrogen functional groups attached to an aromatic ring is 1. The van der Waals surface area contributed by atoms with Crippen molar-refractivity contribution in [1.82, 2.24) is 0 Å². The summed E-state index contributed by atoms with van der Waals surface area (Å²) in [4.78, 5) is 11.3. The standard InChI is InChI=1S/C12H16N2O6S/c1-7(12(15)18-2)21(16,17)14-9-6-11-10(5-8(9)13)19-3-4-20-11/h5-7,14H,3-4,13H2,1-2H3. The van der Waals surface area contributed by atoms with Crippen molar-refractivity contribution in [3.05, 3.63) is 12.1 Å². The molecule has 1 aromatic carbocycles. The van der Waals surface area contributed by atoms with Gasteiger partial charge in [0.05, 0.1) is 18.5 Å². The van der Waals surface area contributed by atoms with Gasteiger partial charge < -0.3 is 19.9 Å². The number of hydrogen-bond donors (Lipinski definition) is 2. The van der Waals surface area contributed by atoms with Crippen LogP contribution in [0.5, 0.6) is 11.5 Å². The molecule has 9 heteroatoms. The molecule has 8 nitrogen and oxygen atoms in total. The first-order valence-electron chi connectivity index (χ1n) is 6.13. The highest BCUT2D eigenvalue weighted by Crippen LogP contribution is 2.37. The molecule has 1 heterocycles. The maximum atomic E-state index is 12.1. The van der Waals surface area contributed by atoms with E-state index in [1.807, 2.05) is 0 Å². The Hall–Kier alpha value is -2.16. The van der Waals surface area contributed by atoms with E-state index in [0.717, 1.165) is 7.11 Å². The Labute approximate surface area is 122 Å². The van der Waals surface area contributed by atoms with Crippen LogP contribution < -0.4 is 19.9 Å². The van der Waals surface area contributed by atoms with Crippen molar-refractivity contribution >= 4 is 27.4 Å². The van der Waals surface area contributed by atoms with Gasteiger partial charge in [-0.1, -0.05) is 0 Å². The van der Waals surface area contributed by atoms with E-state index in [2.05, 4.69) is 9.46 Å². The van der Waals surface area contributed by atoms with Crippen LogP contribution in [0.25, 0.3) is 0 Å². The minimum Gasteiger partial charge on any atom is -0.486 e. The number of fused-ring (bicyclic) bond motifs is 1. The predicted molar refractivity (Wildman–Crippen MR) is 75.9 cm³/mol. The van der Waals surface area contributed by atoms with Gasteiger partial charge in [-0.15, -0.1) is 0 Å². The number of esters is 1. The van der Waals surface area contributed by atoms with Gasteiger partial charge in [-0.3, -0.25) is 9.52 Å². The van der Waals surface area contributed by atoms with Crippen molar-refractivity contribution in [2.75, 3.05) is 30.8 Å². The number of hydrogen-bond acceptors (Lipinski definition) is 7. The lowest BCUT2D eigenvalue weighted by Gasteiger charge is -2.21. The Morgan fingerprint density at radius 3 is 2.48 bits per heavy atom. The van der Waals surface area contributed by atoms with E-state index in [-0.39, 0.29) is 11.4 Å². The lowest BCUT2D eigenvalue weighted by molar-refractivity contribution is -0.139. The molecule has 3 N–H and O–H groups in total. The number of methoxy groups -OCH3 is 1. The topological polar surface area (TPSA) is 117 Å². The summed E-state index contributed by atoms with van der Waals surface area (Å²) < 4.78 is 41.5. The molecule has 0 spiro atoms. The highest BCUT2D eigenvalue weighted by Gasteiger charge is 2.30. The fourth-order valence-electron chi connectivity index (χ4n) is 1.73. The summed E-state index contributed by atoms with van der Waals surface area (Å²) in [6.45, 7) is 1.99.